The molecule has 0 aromatic rings. The minimum atomic E-state index is -1.61. The molecule has 0 aromatic carbocycles. The molecule has 1 aliphatic heterocycles. The summed E-state index contributed by atoms with van der Waals surface area (Å²) in [4.78, 5) is 169. The van der Waals surface area contributed by atoms with Crippen molar-refractivity contribution in [2.24, 2.45) is 41.4 Å². The molecule has 0 unspecified atom stereocenters. The maximum absolute atomic E-state index is 15.2. The first-order chi connectivity index (χ1) is 39.8. The Kier molecular flexibility index (Phi) is 32.3. The Morgan fingerprint density at radius 3 is 1.38 bits per heavy atom. The highest BCUT2D eigenvalue weighted by atomic mass is 16.3. The van der Waals surface area contributed by atoms with Gasteiger partial charge in [0, 0.05) is 49.3 Å². The summed E-state index contributed by atoms with van der Waals surface area (Å²) in [6, 6.07) is -12.3. The van der Waals surface area contributed by atoms with E-state index in [0.29, 0.717) is 19.3 Å². The first-order valence-corrected chi connectivity index (χ1v) is 31.2. The Hall–Kier alpha value is -6.13. The third-order valence-electron chi connectivity index (χ3n) is 16.6. The number of nitrogens with one attached hydrogen (secondary N) is 4. The van der Waals surface area contributed by atoms with Gasteiger partial charge in [-0.15, -0.1) is 0 Å². The van der Waals surface area contributed by atoms with E-state index in [0.717, 1.165) is 9.80 Å². The second-order valence-corrected chi connectivity index (χ2v) is 26.1. The van der Waals surface area contributed by atoms with E-state index in [2.05, 4.69) is 21.3 Å². The molecule has 1 aliphatic rings. The summed E-state index contributed by atoms with van der Waals surface area (Å²) in [7, 11) is 9.94. The smallest absolute Gasteiger partial charge is 0.246 e. The topological polar surface area (TPSA) is 279 Å². The Balaban J connectivity index is 4.34. The summed E-state index contributed by atoms with van der Waals surface area (Å²) in [5.41, 5.74) is 0. The Morgan fingerprint density at radius 1 is 0.465 bits per heavy atom. The highest BCUT2D eigenvalue weighted by molar-refractivity contribution is 5.99. The van der Waals surface area contributed by atoms with Crippen LogP contribution in [-0.4, -0.2) is 227 Å². The third kappa shape index (κ3) is 21.3. The van der Waals surface area contributed by atoms with Crippen LogP contribution in [0, 0.1) is 41.4 Å². The van der Waals surface area contributed by atoms with Gasteiger partial charge in [0.05, 0.1) is 12.6 Å². The number of hydrogen-bond acceptors (Lipinski definition) is 12. The van der Waals surface area contributed by atoms with E-state index >= 15 is 9.59 Å². The zero-order chi connectivity index (χ0) is 66.7. The van der Waals surface area contributed by atoms with Crippen LogP contribution in [-0.2, 0) is 52.7 Å². The van der Waals surface area contributed by atoms with E-state index in [1.165, 1.54) is 87.7 Å². The number of amides is 11. The van der Waals surface area contributed by atoms with Gasteiger partial charge >= 0.3 is 0 Å². The molecule has 0 bridgehead atoms. The molecule has 1 heterocycles. The van der Waals surface area contributed by atoms with Crippen molar-refractivity contribution in [1.29, 1.82) is 0 Å². The molecule has 23 nitrogen and oxygen atoms in total. The second-order valence-electron chi connectivity index (χ2n) is 26.1. The minimum absolute atomic E-state index is 0.0231. The monoisotopic (exact) mass is 1220 g/mol. The fraction of sp³-hybridized carbons (Fsp3) is 0.794. The van der Waals surface area contributed by atoms with Crippen molar-refractivity contribution in [2.45, 2.75) is 229 Å². The zero-order valence-electron chi connectivity index (χ0n) is 56.8. The van der Waals surface area contributed by atoms with Gasteiger partial charge in [0.2, 0.25) is 65.0 Å². The number of allylic oxidation sites excluding steroid dienone is 2. The highest BCUT2D eigenvalue weighted by Gasteiger charge is 2.46. The lowest BCUT2D eigenvalue weighted by molar-refractivity contribution is -0.157. The van der Waals surface area contributed by atoms with E-state index < -0.39 is 162 Å². The van der Waals surface area contributed by atoms with Gasteiger partial charge in [0.1, 0.15) is 60.4 Å². The lowest BCUT2D eigenvalue weighted by atomic mass is 9.91. The lowest BCUT2D eigenvalue weighted by Crippen LogP contribution is -2.63. The van der Waals surface area contributed by atoms with Crippen LogP contribution < -0.4 is 21.3 Å². The van der Waals surface area contributed by atoms with E-state index in [9.17, 15) is 48.3 Å². The summed E-state index contributed by atoms with van der Waals surface area (Å²) >= 11 is 0. The Bertz CT molecular complexity index is 2350. The van der Waals surface area contributed by atoms with Crippen LogP contribution in [0.25, 0.3) is 0 Å². The average Bonchev–Trinajstić information content (AvgIpc) is 2.76. The molecule has 492 valence electrons. The van der Waals surface area contributed by atoms with Gasteiger partial charge in [-0.3, -0.25) is 52.7 Å². The van der Waals surface area contributed by atoms with Gasteiger partial charge in [-0.05, 0) is 93.8 Å². The van der Waals surface area contributed by atoms with Crippen LogP contribution in [0.1, 0.15) is 163 Å². The second kappa shape index (κ2) is 35.6. The Labute approximate surface area is 515 Å². The van der Waals surface area contributed by atoms with E-state index in [1.54, 1.807) is 48.5 Å². The summed E-state index contributed by atoms with van der Waals surface area (Å²) in [5, 5.41) is 23.2. The highest BCUT2D eigenvalue weighted by Crippen LogP contribution is 2.26. The first kappa shape index (κ1) is 77.9. The van der Waals surface area contributed by atoms with Crippen molar-refractivity contribution in [3.8, 4) is 0 Å². The predicted molar refractivity (Wildman–Crippen MR) is 333 cm³/mol. The van der Waals surface area contributed by atoms with Crippen molar-refractivity contribution in [3.05, 3.63) is 12.2 Å². The van der Waals surface area contributed by atoms with Crippen molar-refractivity contribution in [2.75, 3.05) is 55.9 Å². The lowest BCUT2D eigenvalue weighted by Gasteiger charge is -2.41. The molecular weight excluding hydrogens is 1100 g/mol. The normalized spacial score (nSPS) is 27.0. The number of aliphatic hydroxyl groups excluding tert-OH is 1. The number of aliphatic hydroxyl groups is 1. The van der Waals surface area contributed by atoms with Gasteiger partial charge in [-0.1, -0.05) is 122 Å². The van der Waals surface area contributed by atoms with Gasteiger partial charge in [-0.2, -0.15) is 0 Å². The van der Waals surface area contributed by atoms with Crippen molar-refractivity contribution in [1.82, 2.24) is 55.6 Å². The summed E-state index contributed by atoms with van der Waals surface area (Å²) in [6.45, 7) is 29.4. The SMILES string of the molecule is CC/C=C/C[C@@H](C)[C@@H](O)[C@H]1C(=O)N[C@@H](CC)C(=O)N(C)CC(=O)N(C)[C@@H]([C@@H](C)CC)C(=O)N[C@H](C(C)C)C(=O)N(C)[C@H](CC(C)C)C(=O)N[C@@H](C)C(=O)N[C@H](C)C(=O)N(C)[C@@H](CC(C)C)C(=O)N(C)[C@@H](CC(C)C)C(=O)N(C)[C@@H](C(C)C)C(=O)N1C. The minimum Gasteiger partial charge on any atom is -0.390 e. The molecule has 23 heteroatoms. The van der Waals surface area contributed by atoms with E-state index in [1.807, 2.05) is 67.5 Å². The van der Waals surface area contributed by atoms with Gasteiger partial charge in [0.15, 0.2) is 0 Å². The van der Waals surface area contributed by atoms with Crippen LogP contribution in [0.2, 0.25) is 0 Å². The molecule has 1 saturated heterocycles. The third-order valence-corrected chi connectivity index (χ3v) is 16.6. The number of carbonyl (C=O) groups is 11. The van der Waals surface area contributed by atoms with Crippen LogP contribution in [0.5, 0.6) is 0 Å². The molecule has 0 spiro atoms. The maximum Gasteiger partial charge on any atom is 0.246 e. The fourth-order valence-electron chi connectivity index (χ4n) is 10.9. The van der Waals surface area contributed by atoms with Crippen LogP contribution >= 0.6 is 0 Å². The molecule has 13 atom stereocenters. The number of nitrogens with zero attached hydrogens (tertiary/aromatic N) is 7. The molecule has 0 aliphatic carbocycles. The van der Waals surface area contributed by atoms with Crippen molar-refractivity contribution >= 4 is 65.0 Å². The number of likely N-dealkylation sites (N-methyl/N-ethyl adjacent to an activating group) is 7. The summed E-state index contributed by atoms with van der Waals surface area (Å²) < 4.78 is 0. The summed E-state index contributed by atoms with van der Waals surface area (Å²) in [6.07, 6.45) is 4.22. The van der Waals surface area contributed by atoms with Crippen LogP contribution in [0.3, 0.4) is 0 Å². The van der Waals surface area contributed by atoms with Gasteiger partial charge in [0.25, 0.3) is 0 Å². The van der Waals surface area contributed by atoms with E-state index in [-0.39, 0.29) is 43.4 Å². The van der Waals surface area contributed by atoms with Gasteiger partial charge in [-0.25, -0.2) is 0 Å². The maximum atomic E-state index is 15.2. The fourth-order valence-corrected chi connectivity index (χ4v) is 10.9. The summed E-state index contributed by atoms with van der Waals surface area (Å²) in [5.74, 6) is -10.0. The molecule has 11 amide bonds. The number of hydrogen-bond donors (Lipinski definition) is 5. The van der Waals surface area contributed by atoms with Crippen molar-refractivity contribution < 1.29 is 57.8 Å². The van der Waals surface area contributed by atoms with Crippen molar-refractivity contribution in [3.63, 3.8) is 0 Å². The number of carbonyl (C=O) groups excluding carboxylic acids is 11. The van der Waals surface area contributed by atoms with Gasteiger partial charge < -0.3 is 60.7 Å². The van der Waals surface area contributed by atoms with Crippen LogP contribution in [0.4, 0.5) is 0 Å². The predicted octanol–water partition coefficient (Wildman–Crippen LogP) is 3.66. The Morgan fingerprint density at radius 2 is 0.919 bits per heavy atom. The average molecular weight is 1220 g/mol. The largest absolute Gasteiger partial charge is 0.390 e. The number of rotatable bonds is 16. The molecule has 5 N–H and O–H groups in total. The van der Waals surface area contributed by atoms with Crippen LogP contribution in [0.15, 0.2) is 12.2 Å². The molecule has 0 aromatic heterocycles. The molecular formula is C63H113N11O12. The molecule has 1 fully saturated rings. The molecule has 0 saturated carbocycles. The zero-order valence-corrected chi connectivity index (χ0v) is 56.8. The molecule has 1 rings (SSSR count). The first-order valence-electron chi connectivity index (χ1n) is 31.2. The quantitative estimate of drug-likeness (QED) is 0.139. The standard InChI is InChI=1S/C63H113N11O12/c1-25-28-29-30-41(15)53(76)52-57(80)66-44(27-3)59(82)68(18)34-48(75)72(22)51(40(14)26-2)56(79)67-49(38(10)11)62(85)69(19)45(31-35(4)5)55(78)64-42(16)54(77)65-43(17)58(81)70(20)46(32-36(6)7)60(83)71(21)47(33-37(8)9)61(84)73(23)50(39(12)13)63(86)74(52)24/h28-29,35-47,49-53,76H,25-27,30-34H2,1-24H3,(H,64,78)(H,65,77)(H,66,80)(H,67,79)/b29-28+/t40-,41+,42-,43+,44-,45+,46-,47-,49+,50-,51-,52-,53+/m0/s1. The molecule has 0 radical (unpaired) electrons. The molecule has 86 heavy (non-hydrogen) atoms. The van der Waals surface area contributed by atoms with E-state index in [4.69, 9.17) is 0 Å².